The van der Waals surface area contributed by atoms with E-state index in [-0.39, 0.29) is 25.3 Å². The molecule has 0 bridgehead atoms. The van der Waals surface area contributed by atoms with Gasteiger partial charge in [0.15, 0.2) is 5.82 Å². The maximum atomic E-state index is 12.3. The van der Waals surface area contributed by atoms with Crippen LogP contribution in [0.1, 0.15) is 38.3 Å². The molecule has 2 rings (SSSR count). The summed E-state index contributed by atoms with van der Waals surface area (Å²) >= 11 is 0. The van der Waals surface area contributed by atoms with E-state index >= 15 is 0 Å². The molecule has 2 amide bonds. The Bertz CT molecular complexity index is 474. The second kappa shape index (κ2) is 8.05. The summed E-state index contributed by atoms with van der Waals surface area (Å²) in [5.41, 5.74) is 0.996. The maximum absolute atomic E-state index is 12.3. The Kier molecular flexibility index (Phi) is 6.09. The first-order valence-electron chi connectivity index (χ1n) is 7.71. The van der Waals surface area contributed by atoms with Crippen molar-refractivity contribution < 1.29 is 14.6 Å². The third kappa shape index (κ3) is 4.92. The van der Waals surface area contributed by atoms with E-state index in [0.29, 0.717) is 24.9 Å². The van der Waals surface area contributed by atoms with Crippen LogP contribution in [0.3, 0.4) is 0 Å². The minimum Gasteiger partial charge on any atom is -0.394 e. The van der Waals surface area contributed by atoms with E-state index in [1.54, 1.807) is 11.0 Å². The van der Waals surface area contributed by atoms with Gasteiger partial charge < -0.3 is 14.7 Å². The molecule has 1 aromatic rings. The van der Waals surface area contributed by atoms with Gasteiger partial charge in [-0.25, -0.2) is 4.79 Å². The lowest BCUT2D eigenvalue weighted by Crippen LogP contribution is -2.42. The highest BCUT2D eigenvalue weighted by atomic mass is 16.5. The van der Waals surface area contributed by atoms with Crippen LogP contribution in [-0.4, -0.2) is 58.6 Å². The van der Waals surface area contributed by atoms with Crippen molar-refractivity contribution in [1.82, 2.24) is 15.1 Å². The summed E-state index contributed by atoms with van der Waals surface area (Å²) in [4.78, 5) is 14.0. The van der Waals surface area contributed by atoms with Crippen molar-refractivity contribution in [3.63, 3.8) is 0 Å². The largest absolute Gasteiger partial charge is 0.394 e. The summed E-state index contributed by atoms with van der Waals surface area (Å²) in [5, 5.41) is 19.6. The quantitative estimate of drug-likeness (QED) is 0.712. The zero-order valence-corrected chi connectivity index (χ0v) is 13.2. The zero-order valence-electron chi connectivity index (χ0n) is 13.2. The summed E-state index contributed by atoms with van der Waals surface area (Å²) in [6.45, 7) is 4.98. The van der Waals surface area contributed by atoms with Crippen molar-refractivity contribution in [3.05, 3.63) is 17.8 Å². The van der Waals surface area contributed by atoms with E-state index < -0.39 is 0 Å². The van der Waals surface area contributed by atoms with Crippen molar-refractivity contribution in [1.29, 1.82) is 0 Å². The van der Waals surface area contributed by atoms with Gasteiger partial charge in [0.1, 0.15) is 0 Å². The van der Waals surface area contributed by atoms with Gasteiger partial charge in [-0.15, -0.1) is 5.10 Å². The number of carbonyl (C=O) groups is 1. The van der Waals surface area contributed by atoms with Crippen molar-refractivity contribution in [2.45, 2.75) is 38.6 Å². The average Bonchev–Trinajstić information content (AvgIpc) is 3.32. The molecule has 0 saturated heterocycles. The van der Waals surface area contributed by atoms with Crippen LogP contribution in [0.4, 0.5) is 10.6 Å². The highest BCUT2D eigenvalue weighted by molar-refractivity contribution is 5.88. The van der Waals surface area contributed by atoms with Crippen molar-refractivity contribution in [2.24, 2.45) is 0 Å². The molecule has 0 radical (unpaired) electrons. The number of aliphatic hydroxyl groups excluding tert-OH is 1. The highest BCUT2D eigenvalue weighted by Gasteiger charge is 2.25. The van der Waals surface area contributed by atoms with Crippen molar-refractivity contribution in [3.8, 4) is 0 Å². The Morgan fingerprint density at radius 2 is 2.18 bits per heavy atom. The first-order valence-corrected chi connectivity index (χ1v) is 7.71. The Balaban J connectivity index is 1.86. The van der Waals surface area contributed by atoms with Gasteiger partial charge in [0, 0.05) is 18.5 Å². The summed E-state index contributed by atoms with van der Waals surface area (Å²) in [6.07, 6.45) is 2.35. The maximum Gasteiger partial charge on any atom is 0.323 e. The zero-order chi connectivity index (χ0) is 15.9. The van der Waals surface area contributed by atoms with Crippen LogP contribution in [0, 0.1) is 0 Å². The fourth-order valence-corrected chi connectivity index (χ4v) is 2.11. The van der Waals surface area contributed by atoms with Gasteiger partial charge in [-0.2, -0.15) is 5.10 Å². The number of aromatic nitrogens is 2. The van der Waals surface area contributed by atoms with Gasteiger partial charge in [-0.05, 0) is 38.8 Å². The van der Waals surface area contributed by atoms with E-state index in [1.165, 1.54) is 12.8 Å². The third-order valence-corrected chi connectivity index (χ3v) is 3.51. The van der Waals surface area contributed by atoms with E-state index in [1.807, 2.05) is 19.9 Å². The molecule has 0 aliphatic heterocycles. The first kappa shape index (κ1) is 16.6. The number of ether oxygens (including phenoxy) is 1. The van der Waals surface area contributed by atoms with E-state index in [0.717, 1.165) is 5.69 Å². The minimum atomic E-state index is -0.226. The Hall–Kier alpha value is -1.73. The number of amides is 2. The lowest BCUT2D eigenvalue weighted by atomic mass is 10.3. The molecule has 7 heteroatoms. The molecular weight excluding hydrogens is 284 g/mol. The molecule has 0 spiro atoms. The molecule has 0 unspecified atom stereocenters. The number of nitrogens with one attached hydrogen (secondary N) is 1. The van der Waals surface area contributed by atoms with Crippen LogP contribution in [0.2, 0.25) is 0 Å². The second-order valence-corrected chi connectivity index (χ2v) is 5.67. The smallest absolute Gasteiger partial charge is 0.323 e. The van der Waals surface area contributed by atoms with Gasteiger partial charge in [0.25, 0.3) is 0 Å². The van der Waals surface area contributed by atoms with Crippen LogP contribution >= 0.6 is 0 Å². The molecule has 1 aromatic heterocycles. The van der Waals surface area contributed by atoms with Crippen molar-refractivity contribution in [2.75, 3.05) is 31.7 Å². The summed E-state index contributed by atoms with van der Waals surface area (Å²) in [5.74, 6) is 1.00. The number of rotatable bonds is 8. The molecule has 0 aromatic carbocycles. The number of urea groups is 1. The highest BCUT2D eigenvalue weighted by Crippen LogP contribution is 2.38. The fraction of sp³-hybridized carbons (Fsp3) is 0.667. The SMILES string of the molecule is CC(C)N(CCOCCO)C(=O)Nc1ccc(C2CC2)nn1. The summed E-state index contributed by atoms with van der Waals surface area (Å²) in [6, 6.07) is 3.52. The third-order valence-electron chi connectivity index (χ3n) is 3.51. The van der Waals surface area contributed by atoms with Gasteiger partial charge in [0.05, 0.1) is 25.5 Å². The molecule has 2 N–H and O–H groups in total. The minimum absolute atomic E-state index is 0.0171. The van der Waals surface area contributed by atoms with E-state index in [9.17, 15) is 4.79 Å². The molecular formula is C15H24N4O3. The normalized spacial score (nSPS) is 14.2. The number of aliphatic hydroxyl groups is 1. The average molecular weight is 308 g/mol. The predicted octanol–water partition coefficient (Wildman–Crippen LogP) is 1.61. The van der Waals surface area contributed by atoms with Crippen LogP contribution < -0.4 is 5.32 Å². The molecule has 7 nitrogen and oxygen atoms in total. The number of hydrogen-bond acceptors (Lipinski definition) is 5. The van der Waals surface area contributed by atoms with Gasteiger partial charge in [-0.1, -0.05) is 0 Å². The molecule has 1 saturated carbocycles. The van der Waals surface area contributed by atoms with E-state index in [4.69, 9.17) is 9.84 Å². The standard InChI is InChI=1S/C15H24N4O3/c1-11(2)19(7-9-22-10-8-20)15(21)16-14-6-5-13(17-18-14)12-3-4-12/h5-6,11-12,20H,3-4,7-10H2,1-2H3,(H,16,18,21). The van der Waals surface area contributed by atoms with Crippen LogP contribution in [0.25, 0.3) is 0 Å². The molecule has 122 valence electrons. The van der Waals surface area contributed by atoms with Gasteiger partial charge in [-0.3, -0.25) is 5.32 Å². The Morgan fingerprint density at radius 1 is 1.41 bits per heavy atom. The Labute approximate surface area is 130 Å². The number of nitrogens with zero attached hydrogens (tertiary/aromatic N) is 3. The number of carbonyl (C=O) groups excluding carboxylic acids is 1. The van der Waals surface area contributed by atoms with Crippen LogP contribution in [0.5, 0.6) is 0 Å². The lowest BCUT2D eigenvalue weighted by Gasteiger charge is -2.26. The van der Waals surface area contributed by atoms with Gasteiger partial charge in [0.2, 0.25) is 0 Å². The first-order chi connectivity index (χ1) is 10.6. The molecule has 1 aliphatic carbocycles. The lowest BCUT2D eigenvalue weighted by molar-refractivity contribution is 0.0757. The second-order valence-electron chi connectivity index (χ2n) is 5.67. The van der Waals surface area contributed by atoms with Crippen LogP contribution in [-0.2, 0) is 4.74 Å². The molecule has 1 aliphatic rings. The summed E-state index contributed by atoms with van der Waals surface area (Å²) < 4.78 is 5.21. The van der Waals surface area contributed by atoms with Crippen LogP contribution in [0.15, 0.2) is 12.1 Å². The molecule has 1 fully saturated rings. The number of hydrogen-bond donors (Lipinski definition) is 2. The summed E-state index contributed by atoms with van der Waals surface area (Å²) in [7, 11) is 0. The number of anilines is 1. The van der Waals surface area contributed by atoms with E-state index in [2.05, 4.69) is 15.5 Å². The van der Waals surface area contributed by atoms with Crippen molar-refractivity contribution >= 4 is 11.8 Å². The molecule has 22 heavy (non-hydrogen) atoms. The topological polar surface area (TPSA) is 87.6 Å². The molecule has 1 heterocycles. The molecule has 0 atom stereocenters. The fourth-order valence-electron chi connectivity index (χ4n) is 2.11. The van der Waals surface area contributed by atoms with Gasteiger partial charge >= 0.3 is 6.03 Å². The monoisotopic (exact) mass is 308 g/mol. The predicted molar refractivity (Wildman–Crippen MR) is 82.8 cm³/mol. The Morgan fingerprint density at radius 3 is 2.73 bits per heavy atom.